The van der Waals surface area contributed by atoms with Crippen molar-refractivity contribution >= 4 is 22.9 Å². The molecule has 158 valence electrons. The number of thiazole rings is 1. The average molecular weight is 446 g/mol. The van der Waals surface area contributed by atoms with Crippen LogP contribution in [0.5, 0.6) is 0 Å². The molecule has 5 nitrogen and oxygen atoms in total. The van der Waals surface area contributed by atoms with E-state index in [1.165, 1.54) is 40.4 Å². The van der Waals surface area contributed by atoms with Crippen molar-refractivity contribution in [3.8, 4) is 16.3 Å². The van der Waals surface area contributed by atoms with Gasteiger partial charge in [0.2, 0.25) is 5.91 Å². The highest BCUT2D eigenvalue weighted by Crippen LogP contribution is 2.33. The number of rotatable bonds is 5. The molecule has 0 aliphatic carbocycles. The van der Waals surface area contributed by atoms with Crippen molar-refractivity contribution in [3.63, 3.8) is 0 Å². The summed E-state index contributed by atoms with van der Waals surface area (Å²) in [6, 6.07) is 10.6. The van der Waals surface area contributed by atoms with Crippen LogP contribution in [0.25, 0.3) is 16.3 Å². The lowest BCUT2D eigenvalue weighted by atomic mass is 10.1. The number of hydrogen-bond donors (Lipinski definition) is 1. The van der Waals surface area contributed by atoms with Gasteiger partial charge in [0.1, 0.15) is 10.8 Å². The van der Waals surface area contributed by atoms with Gasteiger partial charge in [-0.3, -0.25) is 4.79 Å². The second-order valence-electron chi connectivity index (χ2n) is 6.56. The lowest BCUT2D eigenvalue weighted by Gasteiger charge is -2.14. The van der Waals surface area contributed by atoms with Crippen LogP contribution in [-0.4, -0.2) is 20.7 Å². The SMILES string of the molecule is O=C(Cc1csc(-c2cccc(F)c2)n1)Nc1cc(C(F)(F)F)ccc1-n1cccn1. The van der Waals surface area contributed by atoms with Gasteiger partial charge in [0.15, 0.2) is 0 Å². The van der Waals surface area contributed by atoms with Crippen LogP contribution in [0.3, 0.4) is 0 Å². The van der Waals surface area contributed by atoms with Crippen molar-refractivity contribution in [3.05, 3.63) is 83.4 Å². The van der Waals surface area contributed by atoms with Gasteiger partial charge in [-0.25, -0.2) is 14.1 Å². The molecule has 0 bridgehead atoms. The van der Waals surface area contributed by atoms with Gasteiger partial charge in [-0.2, -0.15) is 18.3 Å². The number of amides is 1. The fourth-order valence-corrected chi connectivity index (χ4v) is 3.74. The number of anilines is 1. The molecule has 2 heterocycles. The molecule has 0 unspecified atom stereocenters. The van der Waals surface area contributed by atoms with Crippen molar-refractivity contribution in [2.75, 3.05) is 5.32 Å². The zero-order chi connectivity index (χ0) is 22.0. The lowest BCUT2D eigenvalue weighted by Crippen LogP contribution is -2.17. The van der Waals surface area contributed by atoms with Crippen molar-refractivity contribution in [1.29, 1.82) is 0 Å². The third-order valence-corrected chi connectivity index (χ3v) is 5.25. The highest BCUT2D eigenvalue weighted by atomic mass is 32.1. The third-order valence-electron chi connectivity index (χ3n) is 4.31. The normalized spacial score (nSPS) is 11.5. The number of halogens is 4. The predicted molar refractivity (Wildman–Crippen MR) is 108 cm³/mol. The highest BCUT2D eigenvalue weighted by Gasteiger charge is 2.31. The zero-order valence-electron chi connectivity index (χ0n) is 15.7. The summed E-state index contributed by atoms with van der Waals surface area (Å²) < 4.78 is 54.2. The Hall–Kier alpha value is -3.53. The molecule has 0 spiro atoms. The molecule has 4 aromatic rings. The van der Waals surface area contributed by atoms with Crippen molar-refractivity contribution in [2.45, 2.75) is 12.6 Å². The van der Waals surface area contributed by atoms with Crippen LogP contribution >= 0.6 is 11.3 Å². The number of aromatic nitrogens is 3. The van der Waals surface area contributed by atoms with Gasteiger partial charge in [-0.15, -0.1) is 11.3 Å². The monoisotopic (exact) mass is 446 g/mol. The van der Waals surface area contributed by atoms with E-state index in [0.29, 0.717) is 22.0 Å². The zero-order valence-corrected chi connectivity index (χ0v) is 16.5. The maximum absolute atomic E-state index is 13.4. The molecule has 0 radical (unpaired) electrons. The average Bonchev–Trinajstić information content (AvgIpc) is 3.39. The number of benzene rings is 2. The molecule has 2 aromatic carbocycles. The molecule has 0 atom stereocenters. The molecule has 0 aliphatic rings. The Morgan fingerprint density at radius 1 is 1.13 bits per heavy atom. The van der Waals surface area contributed by atoms with Gasteiger partial charge in [0.25, 0.3) is 0 Å². The summed E-state index contributed by atoms with van der Waals surface area (Å²) in [4.78, 5) is 16.9. The van der Waals surface area contributed by atoms with Gasteiger partial charge >= 0.3 is 6.18 Å². The summed E-state index contributed by atoms with van der Waals surface area (Å²) in [5.74, 6) is -0.938. The number of alkyl halides is 3. The van der Waals surface area contributed by atoms with Crippen LogP contribution in [0.1, 0.15) is 11.3 Å². The summed E-state index contributed by atoms with van der Waals surface area (Å²) in [5, 5.41) is 8.73. The van der Waals surface area contributed by atoms with E-state index in [4.69, 9.17) is 0 Å². The topological polar surface area (TPSA) is 59.8 Å². The minimum Gasteiger partial charge on any atom is -0.324 e. The molecule has 31 heavy (non-hydrogen) atoms. The first kappa shape index (κ1) is 20.7. The smallest absolute Gasteiger partial charge is 0.324 e. The molecular formula is C21H14F4N4OS. The van der Waals surface area contributed by atoms with E-state index in [1.807, 2.05) is 0 Å². The summed E-state index contributed by atoms with van der Waals surface area (Å²) in [5.41, 5.74) is 0.389. The maximum Gasteiger partial charge on any atom is 0.416 e. The molecule has 0 aliphatic heterocycles. The Balaban J connectivity index is 1.56. The molecule has 4 rings (SSSR count). The molecule has 0 fully saturated rings. The van der Waals surface area contributed by atoms with E-state index in [2.05, 4.69) is 15.4 Å². The van der Waals surface area contributed by atoms with Crippen LogP contribution in [0, 0.1) is 5.82 Å². The Bertz CT molecular complexity index is 1220. The summed E-state index contributed by atoms with van der Waals surface area (Å²) in [6.07, 6.45) is -1.67. The number of carbonyl (C=O) groups excluding carboxylic acids is 1. The van der Waals surface area contributed by atoms with Crippen LogP contribution in [0.4, 0.5) is 23.2 Å². The first-order valence-electron chi connectivity index (χ1n) is 9.01. The fraction of sp³-hybridized carbons (Fsp3) is 0.0952. The van der Waals surface area contributed by atoms with Gasteiger partial charge in [-0.05, 0) is 36.4 Å². The van der Waals surface area contributed by atoms with Crippen molar-refractivity contribution in [1.82, 2.24) is 14.8 Å². The summed E-state index contributed by atoms with van der Waals surface area (Å²) >= 11 is 1.25. The van der Waals surface area contributed by atoms with Crippen LogP contribution < -0.4 is 5.32 Å². The highest BCUT2D eigenvalue weighted by molar-refractivity contribution is 7.13. The summed E-state index contributed by atoms with van der Waals surface area (Å²) in [7, 11) is 0. The Labute approximate surface area is 178 Å². The van der Waals surface area contributed by atoms with Crippen molar-refractivity contribution < 1.29 is 22.4 Å². The van der Waals surface area contributed by atoms with Crippen LogP contribution in [0.2, 0.25) is 0 Å². The number of nitrogens with one attached hydrogen (secondary N) is 1. The number of hydrogen-bond acceptors (Lipinski definition) is 4. The number of carbonyl (C=O) groups is 1. The van der Waals surface area contributed by atoms with Crippen LogP contribution in [-0.2, 0) is 17.4 Å². The molecule has 0 saturated carbocycles. The van der Waals surface area contributed by atoms with Gasteiger partial charge in [0, 0.05) is 23.3 Å². The van der Waals surface area contributed by atoms with E-state index in [0.717, 1.165) is 12.1 Å². The Morgan fingerprint density at radius 2 is 1.97 bits per heavy atom. The Kier molecular flexibility index (Phi) is 5.55. The second kappa shape index (κ2) is 8.31. The maximum atomic E-state index is 13.4. The first-order valence-corrected chi connectivity index (χ1v) is 9.89. The fourth-order valence-electron chi connectivity index (χ4n) is 2.92. The van der Waals surface area contributed by atoms with Gasteiger partial charge in [0.05, 0.1) is 29.1 Å². The minimum atomic E-state index is -4.56. The van der Waals surface area contributed by atoms with Gasteiger partial charge in [-0.1, -0.05) is 12.1 Å². The first-order chi connectivity index (χ1) is 14.8. The third kappa shape index (κ3) is 4.80. The second-order valence-corrected chi connectivity index (χ2v) is 7.42. The molecule has 1 N–H and O–H groups in total. The summed E-state index contributed by atoms with van der Waals surface area (Å²) in [6.45, 7) is 0. The molecule has 1 amide bonds. The van der Waals surface area contributed by atoms with Crippen molar-refractivity contribution in [2.24, 2.45) is 0 Å². The van der Waals surface area contributed by atoms with Crippen LogP contribution in [0.15, 0.2) is 66.3 Å². The largest absolute Gasteiger partial charge is 0.416 e. The lowest BCUT2D eigenvalue weighted by molar-refractivity contribution is -0.137. The van der Waals surface area contributed by atoms with E-state index < -0.39 is 23.5 Å². The molecular weight excluding hydrogens is 432 g/mol. The standard InChI is InChI=1S/C21H14F4N4OS/c22-15-4-1-3-13(9-15)20-27-16(12-31-20)11-19(30)28-17-10-14(21(23,24)25)5-6-18(17)29-8-2-7-26-29/h1-10,12H,11H2,(H,28,30). The predicted octanol–water partition coefficient (Wildman–Crippen LogP) is 5.33. The number of nitrogens with zero attached hydrogens (tertiary/aromatic N) is 3. The van der Waals surface area contributed by atoms with E-state index in [-0.39, 0.29) is 12.1 Å². The minimum absolute atomic E-state index is 0.0240. The van der Waals surface area contributed by atoms with Gasteiger partial charge < -0.3 is 5.32 Å². The molecule has 2 aromatic heterocycles. The van der Waals surface area contributed by atoms with E-state index >= 15 is 0 Å². The Morgan fingerprint density at radius 3 is 2.68 bits per heavy atom. The quantitative estimate of drug-likeness (QED) is 0.422. The molecule has 10 heteroatoms. The van der Waals surface area contributed by atoms with E-state index in [1.54, 1.807) is 29.8 Å². The molecule has 0 saturated heterocycles. The van der Waals surface area contributed by atoms with E-state index in [9.17, 15) is 22.4 Å².